The fraction of sp³-hybridized carbons (Fsp3) is 0.615. The molecule has 0 atom stereocenters. The van der Waals surface area contributed by atoms with E-state index in [-0.39, 0.29) is 0 Å². The summed E-state index contributed by atoms with van der Waals surface area (Å²) in [6.45, 7) is 1.61. The average Bonchev–Trinajstić information content (AvgIpc) is 3.06. The molecule has 0 spiro atoms. The summed E-state index contributed by atoms with van der Waals surface area (Å²) < 4.78 is 7.17. The molecule has 0 aromatic carbocycles. The van der Waals surface area contributed by atoms with Gasteiger partial charge in [0.25, 0.3) is 0 Å². The fourth-order valence-corrected chi connectivity index (χ4v) is 2.63. The van der Waals surface area contributed by atoms with Crippen LogP contribution in [0.4, 0.5) is 0 Å². The minimum absolute atomic E-state index is 0.645. The highest BCUT2D eigenvalue weighted by Crippen LogP contribution is 2.29. The lowest BCUT2D eigenvalue weighted by atomic mass is 10.3. The molecule has 7 heteroatoms. The summed E-state index contributed by atoms with van der Waals surface area (Å²) in [7, 11) is 1.94. The van der Waals surface area contributed by atoms with Crippen molar-refractivity contribution in [1.29, 1.82) is 0 Å². The minimum atomic E-state index is 0.645. The molecule has 20 heavy (non-hydrogen) atoms. The number of hydrogen-bond donors (Lipinski definition) is 0. The molecule has 2 heterocycles. The molecule has 1 saturated carbocycles. The smallest absolute Gasteiger partial charge is 0.240 e. The molecule has 2 aromatic rings. The van der Waals surface area contributed by atoms with Gasteiger partial charge < -0.3 is 4.52 Å². The molecule has 0 amide bonds. The van der Waals surface area contributed by atoms with Crippen LogP contribution in [0.3, 0.4) is 0 Å². The van der Waals surface area contributed by atoms with Crippen molar-refractivity contribution in [1.82, 2.24) is 24.8 Å². The Morgan fingerprint density at radius 3 is 2.95 bits per heavy atom. The van der Waals surface area contributed by atoms with Gasteiger partial charge in [0, 0.05) is 31.4 Å². The maximum Gasteiger partial charge on any atom is 0.240 e. The Balaban J connectivity index is 1.64. The zero-order valence-corrected chi connectivity index (χ0v) is 12.6. The van der Waals surface area contributed by atoms with E-state index in [4.69, 9.17) is 4.52 Å². The molecule has 1 aliphatic rings. The van der Waals surface area contributed by atoms with Crippen molar-refractivity contribution in [2.75, 3.05) is 6.26 Å². The van der Waals surface area contributed by atoms with Crippen LogP contribution in [0.1, 0.15) is 30.1 Å². The molecule has 0 radical (unpaired) electrons. The predicted octanol–water partition coefficient (Wildman–Crippen LogP) is 1.83. The third-order valence-electron chi connectivity index (χ3n) is 3.33. The van der Waals surface area contributed by atoms with Gasteiger partial charge in [-0.2, -0.15) is 21.8 Å². The lowest BCUT2D eigenvalue weighted by molar-refractivity contribution is 0.209. The highest BCUT2D eigenvalue weighted by Gasteiger charge is 2.30. The number of aryl methyl sites for hydroxylation is 1. The second-order valence-electron chi connectivity index (χ2n) is 5.20. The Morgan fingerprint density at radius 1 is 1.45 bits per heavy atom. The van der Waals surface area contributed by atoms with Gasteiger partial charge in [0.05, 0.1) is 18.5 Å². The number of rotatable bonds is 7. The van der Waals surface area contributed by atoms with Crippen LogP contribution >= 0.6 is 11.8 Å². The molecule has 0 aliphatic heterocycles. The van der Waals surface area contributed by atoms with Crippen molar-refractivity contribution in [2.24, 2.45) is 7.05 Å². The molecule has 3 rings (SSSR count). The Labute approximate surface area is 122 Å². The Kier molecular flexibility index (Phi) is 4.07. The SMILES string of the molecule is CSCc1noc(CN(Cc2cnn(C)c2)C2CC2)n1. The number of nitrogens with zero attached hydrogens (tertiary/aromatic N) is 5. The van der Waals surface area contributed by atoms with Crippen molar-refractivity contribution in [2.45, 2.75) is 37.7 Å². The van der Waals surface area contributed by atoms with Crippen LogP contribution < -0.4 is 0 Å². The van der Waals surface area contributed by atoms with Gasteiger partial charge >= 0.3 is 0 Å². The summed E-state index contributed by atoms with van der Waals surface area (Å²) in [6, 6.07) is 0.645. The first-order valence-corrected chi connectivity index (χ1v) is 8.16. The fourth-order valence-electron chi connectivity index (χ4n) is 2.26. The molecule has 6 nitrogen and oxygen atoms in total. The summed E-state index contributed by atoms with van der Waals surface area (Å²) >= 11 is 1.70. The first-order valence-electron chi connectivity index (χ1n) is 6.76. The standard InChI is InChI=1S/C13H19N5OS/c1-17-6-10(5-14-17)7-18(11-3-4-11)8-13-15-12(9-20-2)16-19-13/h5-6,11H,3-4,7-9H2,1-2H3. The highest BCUT2D eigenvalue weighted by molar-refractivity contribution is 7.97. The van der Waals surface area contributed by atoms with E-state index in [1.165, 1.54) is 18.4 Å². The van der Waals surface area contributed by atoms with E-state index in [9.17, 15) is 0 Å². The van der Waals surface area contributed by atoms with Crippen LogP contribution in [0.5, 0.6) is 0 Å². The van der Waals surface area contributed by atoms with Crippen molar-refractivity contribution in [3.8, 4) is 0 Å². The Morgan fingerprint density at radius 2 is 2.30 bits per heavy atom. The highest BCUT2D eigenvalue weighted by atomic mass is 32.2. The lowest BCUT2D eigenvalue weighted by Gasteiger charge is -2.18. The molecule has 108 valence electrons. The van der Waals surface area contributed by atoms with Crippen molar-refractivity contribution >= 4 is 11.8 Å². The first-order chi connectivity index (χ1) is 9.74. The monoisotopic (exact) mass is 293 g/mol. The molecule has 0 N–H and O–H groups in total. The molecule has 0 bridgehead atoms. The lowest BCUT2D eigenvalue weighted by Crippen LogP contribution is -2.25. The van der Waals surface area contributed by atoms with Crippen LogP contribution in [0.2, 0.25) is 0 Å². The Hall–Kier alpha value is -1.34. The van der Waals surface area contributed by atoms with E-state index in [0.29, 0.717) is 11.9 Å². The first kappa shape index (κ1) is 13.6. The predicted molar refractivity (Wildman–Crippen MR) is 77.0 cm³/mol. The van der Waals surface area contributed by atoms with Crippen LogP contribution in [-0.4, -0.2) is 37.1 Å². The molecule has 2 aromatic heterocycles. The van der Waals surface area contributed by atoms with E-state index >= 15 is 0 Å². The second kappa shape index (κ2) is 5.97. The maximum absolute atomic E-state index is 5.33. The van der Waals surface area contributed by atoms with Gasteiger partial charge in [-0.05, 0) is 19.1 Å². The van der Waals surface area contributed by atoms with Crippen LogP contribution in [0.25, 0.3) is 0 Å². The summed E-state index contributed by atoms with van der Waals surface area (Å²) in [5, 5.41) is 8.22. The van der Waals surface area contributed by atoms with Gasteiger partial charge in [-0.15, -0.1) is 0 Å². The van der Waals surface area contributed by atoms with Gasteiger partial charge in [-0.1, -0.05) is 5.16 Å². The van der Waals surface area contributed by atoms with Crippen molar-refractivity contribution < 1.29 is 4.52 Å². The van der Waals surface area contributed by atoms with Crippen LogP contribution in [-0.2, 0) is 25.9 Å². The summed E-state index contributed by atoms with van der Waals surface area (Å²) in [5.41, 5.74) is 1.23. The van der Waals surface area contributed by atoms with E-state index in [2.05, 4.69) is 26.3 Å². The van der Waals surface area contributed by atoms with E-state index in [1.54, 1.807) is 11.8 Å². The molecule has 0 saturated heterocycles. The summed E-state index contributed by atoms with van der Waals surface area (Å²) in [4.78, 5) is 6.83. The van der Waals surface area contributed by atoms with Gasteiger partial charge in [-0.25, -0.2) is 0 Å². The zero-order valence-electron chi connectivity index (χ0n) is 11.8. The molecular weight excluding hydrogens is 274 g/mol. The van der Waals surface area contributed by atoms with Gasteiger partial charge in [-0.3, -0.25) is 9.58 Å². The number of hydrogen-bond acceptors (Lipinski definition) is 6. The molecule has 1 aliphatic carbocycles. The van der Waals surface area contributed by atoms with Crippen LogP contribution in [0.15, 0.2) is 16.9 Å². The second-order valence-corrected chi connectivity index (χ2v) is 6.06. The largest absolute Gasteiger partial charge is 0.338 e. The van der Waals surface area contributed by atoms with Gasteiger partial charge in [0.2, 0.25) is 5.89 Å². The van der Waals surface area contributed by atoms with E-state index in [1.807, 2.05) is 24.2 Å². The van der Waals surface area contributed by atoms with E-state index < -0.39 is 0 Å². The third kappa shape index (κ3) is 3.40. The number of thioether (sulfide) groups is 1. The van der Waals surface area contributed by atoms with Crippen molar-refractivity contribution in [3.05, 3.63) is 29.7 Å². The average molecular weight is 293 g/mol. The maximum atomic E-state index is 5.33. The zero-order chi connectivity index (χ0) is 13.9. The molecule has 1 fully saturated rings. The minimum Gasteiger partial charge on any atom is -0.338 e. The quantitative estimate of drug-likeness (QED) is 0.776. The summed E-state index contributed by atoms with van der Waals surface area (Å²) in [5.74, 6) is 2.30. The topological polar surface area (TPSA) is 60.0 Å². The molecular formula is C13H19N5OS. The molecule has 0 unspecified atom stereocenters. The van der Waals surface area contributed by atoms with E-state index in [0.717, 1.165) is 24.7 Å². The van der Waals surface area contributed by atoms with Gasteiger partial charge in [0.1, 0.15) is 0 Å². The van der Waals surface area contributed by atoms with Crippen LogP contribution in [0, 0.1) is 0 Å². The van der Waals surface area contributed by atoms with Crippen molar-refractivity contribution in [3.63, 3.8) is 0 Å². The Bertz CT molecular complexity index is 563. The normalized spacial score (nSPS) is 15.2. The number of aromatic nitrogens is 4. The third-order valence-corrected chi connectivity index (χ3v) is 3.88. The summed E-state index contributed by atoms with van der Waals surface area (Å²) in [6.07, 6.45) is 8.53. The van der Waals surface area contributed by atoms with Gasteiger partial charge in [0.15, 0.2) is 5.82 Å².